The molecule has 1 amide bonds. The zero-order chi connectivity index (χ0) is 17.6. The molecule has 0 radical (unpaired) electrons. The summed E-state index contributed by atoms with van der Waals surface area (Å²) < 4.78 is 0. The van der Waals surface area contributed by atoms with Gasteiger partial charge in [0.15, 0.2) is 0 Å². The van der Waals surface area contributed by atoms with Crippen LogP contribution in [0.3, 0.4) is 0 Å². The Labute approximate surface area is 143 Å². The number of benzene rings is 1. The van der Waals surface area contributed by atoms with Crippen molar-refractivity contribution in [3.8, 4) is 0 Å². The maximum atomic E-state index is 11.9. The fraction of sp³-hybridized carbons (Fsp3) is 0.400. The average molecular weight is 326 g/mol. The number of aromatic nitrogens is 1. The first kappa shape index (κ1) is 18.1. The van der Waals surface area contributed by atoms with Crippen molar-refractivity contribution in [2.24, 2.45) is 0 Å². The number of nitrogens with zero attached hydrogens (tertiary/aromatic N) is 1. The van der Waals surface area contributed by atoms with Crippen molar-refractivity contribution in [1.82, 2.24) is 10.3 Å². The van der Waals surface area contributed by atoms with Crippen LogP contribution >= 0.6 is 0 Å². The summed E-state index contributed by atoms with van der Waals surface area (Å²) in [4.78, 5) is 15.9. The standard InChI is InChI=1S/C20H26N2O2/c1-20(2,3)17-9-7-16(8-10-17)18(23)14-22-19(24)11-6-15-5-4-12-21-13-15/h4-5,7-10,12-13,18,23H,6,11,14H2,1-3H3,(H,22,24). The Bertz CT molecular complexity index is 646. The summed E-state index contributed by atoms with van der Waals surface area (Å²) in [7, 11) is 0. The van der Waals surface area contributed by atoms with E-state index in [0.29, 0.717) is 12.8 Å². The van der Waals surface area contributed by atoms with Gasteiger partial charge in [-0.1, -0.05) is 51.1 Å². The van der Waals surface area contributed by atoms with Gasteiger partial charge in [-0.05, 0) is 34.6 Å². The molecule has 2 rings (SSSR count). The smallest absolute Gasteiger partial charge is 0.220 e. The molecule has 4 heteroatoms. The Morgan fingerprint density at radius 1 is 1.21 bits per heavy atom. The van der Waals surface area contributed by atoms with Crippen LogP contribution in [0.25, 0.3) is 0 Å². The molecular formula is C20H26N2O2. The highest BCUT2D eigenvalue weighted by Gasteiger charge is 2.15. The van der Waals surface area contributed by atoms with Gasteiger partial charge >= 0.3 is 0 Å². The van der Waals surface area contributed by atoms with Gasteiger partial charge in [-0.3, -0.25) is 9.78 Å². The predicted molar refractivity (Wildman–Crippen MR) is 95.7 cm³/mol. The summed E-state index contributed by atoms with van der Waals surface area (Å²) in [5.74, 6) is -0.0655. The first-order valence-electron chi connectivity index (χ1n) is 8.30. The number of nitrogens with one attached hydrogen (secondary N) is 1. The van der Waals surface area contributed by atoms with Gasteiger partial charge in [-0.15, -0.1) is 0 Å². The SMILES string of the molecule is CC(C)(C)c1ccc(C(O)CNC(=O)CCc2cccnc2)cc1. The number of hydrogen-bond donors (Lipinski definition) is 2. The maximum Gasteiger partial charge on any atom is 0.220 e. The number of aliphatic hydroxyl groups is 1. The number of aryl methyl sites for hydroxylation is 1. The van der Waals surface area contributed by atoms with Crippen LogP contribution in [0.2, 0.25) is 0 Å². The third-order valence-electron chi connectivity index (χ3n) is 4.02. The second-order valence-electron chi connectivity index (χ2n) is 7.05. The van der Waals surface area contributed by atoms with Crippen LogP contribution in [0, 0.1) is 0 Å². The van der Waals surface area contributed by atoms with Crippen LogP contribution in [0.4, 0.5) is 0 Å². The maximum absolute atomic E-state index is 11.9. The number of aliphatic hydroxyl groups excluding tert-OH is 1. The Balaban J connectivity index is 1.80. The molecule has 128 valence electrons. The molecule has 4 nitrogen and oxygen atoms in total. The van der Waals surface area contributed by atoms with E-state index in [1.807, 2.05) is 36.4 Å². The van der Waals surface area contributed by atoms with Crippen LogP contribution in [0.1, 0.15) is 50.0 Å². The Morgan fingerprint density at radius 2 is 1.92 bits per heavy atom. The van der Waals surface area contributed by atoms with E-state index < -0.39 is 6.10 Å². The minimum atomic E-state index is -0.693. The lowest BCUT2D eigenvalue weighted by Crippen LogP contribution is -2.28. The molecule has 0 bridgehead atoms. The molecule has 0 fully saturated rings. The van der Waals surface area contributed by atoms with Crippen molar-refractivity contribution in [2.45, 2.75) is 45.1 Å². The summed E-state index contributed by atoms with van der Waals surface area (Å²) in [6.45, 7) is 6.68. The summed E-state index contributed by atoms with van der Waals surface area (Å²) in [5, 5.41) is 13.0. The average Bonchev–Trinajstić information content (AvgIpc) is 2.58. The number of carbonyl (C=O) groups is 1. The van der Waals surface area contributed by atoms with E-state index in [9.17, 15) is 9.90 Å². The highest BCUT2D eigenvalue weighted by molar-refractivity contribution is 5.76. The molecule has 0 aliphatic heterocycles. The predicted octanol–water partition coefficient (Wildman–Crippen LogP) is 3.16. The molecule has 1 heterocycles. The van der Waals surface area contributed by atoms with E-state index in [1.54, 1.807) is 12.4 Å². The minimum Gasteiger partial charge on any atom is -0.387 e. The van der Waals surface area contributed by atoms with E-state index in [0.717, 1.165) is 11.1 Å². The first-order chi connectivity index (χ1) is 11.4. The quantitative estimate of drug-likeness (QED) is 0.857. The van der Waals surface area contributed by atoms with E-state index >= 15 is 0 Å². The molecular weight excluding hydrogens is 300 g/mol. The molecule has 0 spiro atoms. The number of rotatable bonds is 6. The van der Waals surface area contributed by atoms with Gasteiger partial charge in [0.25, 0.3) is 0 Å². The van der Waals surface area contributed by atoms with Gasteiger partial charge in [-0.25, -0.2) is 0 Å². The van der Waals surface area contributed by atoms with E-state index in [1.165, 1.54) is 5.56 Å². The highest BCUT2D eigenvalue weighted by atomic mass is 16.3. The lowest BCUT2D eigenvalue weighted by Gasteiger charge is -2.20. The van der Waals surface area contributed by atoms with Crippen molar-refractivity contribution >= 4 is 5.91 Å². The fourth-order valence-corrected chi connectivity index (χ4v) is 2.43. The van der Waals surface area contributed by atoms with Gasteiger partial charge in [-0.2, -0.15) is 0 Å². The van der Waals surface area contributed by atoms with Crippen LogP contribution in [0.15, 0.2) is 48.8 Å². The Morgan fingerprint density at radius 3 is 2.50 bits per heavy atom. The monoisotopic (exact) mass is 326 g/mol. The molecule has 1 aromatic heterocycles. The lowest BCUT2D eigenvalue weighted by atomic mass is 9.86. The molecule has 0 saturated heterocycles. The van der Waals surface area contributed by atoms with E-state index in [2.05, 4.69) is 31.1 Å². The normalized spacial score (nSPS) is 12.7. The van der Waals surface area contributed by atoms with Gasteiger partial charge < -0.3 is 10.4 Å². The summed E-state index contributed by atoms with van der Waals surface area (Å²) >= 11 is 0. The zero-order valence-corrected chi connectivity index (χ0v) is 14.6. The Kier molecular flexibility index (Phi) is 6.10. The molecule has 1 atom stereocenters. The van der Waals surface area contributed by atoms with Gasteiger partial charge in [0.1, 0.15) is 0 Å². The van der Waals surface area contributed by atoms with E-state index in [4.69, 9.17) is 0 Å². The summed E-state index contributed by atoms with van der Waals surface area (Å²) in [5.41, 5.74) is 3.16. The number of amides is 1. The largest absolute Gasteiger partial charge is 0.387 e. The second-order valence-corrected chi connectivity index (χ2v) is 7.05. The highest BCUT2D eigenvalue weighted by Crippen LogP contribution is 2.23. The van der Waals surface area contributed by atoms with Crippen LogP contribution < -0.4 is 5.32 Å². The van der Waals surface area contributed by atoms with Gasteiger partial charge in [0.05, 0.1) is 6.10 Å². The number of hydrogen-bond acceptors (Lipinski definition) is 3. The molecule has 2 aromatic rings. The van der Waals surface area contributed by atoms with Crippen LogP contribution in [-0.4, -0.2) is 22.5 Å². The first-order valence-corrected chi connectivity index (χ1v) is 8.30. The van der Waals surface area contributed by atoms with Gasteiger partial charge in [0.2, 0.25) is 5.91 Å². The molecule has 1 aromatic carbocycles. The van der Waals surface area contributed by atoms with Crippen molar-refractivity contribution in [3.63, 3.8) is 0 Å². The van der Waals surface area contributed by atoms with Crippen molar-refractivity contribution in [1.29, 1.82) is 0 Å². The summed E-state index contributed by atoms with van der Waals surface area (Å²) in [6.07, 6.45) is 3.82. The van der Waals surface area contributed by atoms with Crippen LogP contribution in [-0.2, 0) is 16.6 Å². The van der Waals surface area contributed by atoms with Crippen molar-refractivity contribution in [2.75, 3.05) is 6.54 Å². The molecule has 1 unspecified atom stereocenters. The Hall–Kier alpha value is -2.20. The zero-order valence-electron chi connectivity index (χ0n) is 14.6. The number of carbonyl (C=O) groups excluding carboxylic acids is 1. The summed E-state index contributed by atoms with van der Waals surface area (Å²) in [6, 6.07) is 11.7. The van der Waals surface area contributed by atoms with Crippen molar-refractivity contribution in [3.05, 3.63) is 65.5 Å². The van der Waals surface area contributed by atoms with Crippen LogP contribution in [0.5, 0.6) is 0 Å². The lowest BCUT2D eigenvalue weighted by molar-refractivity contribution is -0.121. The molecule has 0 saturated carbocycles. The third kappa shape index (κ3) is 5.46. The molecule has 0 aliphatic rings. The number of pyridine rings is 1. The van der Waals surface area contributed by atoms with E-state index in [-0.39, 0.29) is 17.9 Å². The molecule has 2 N–H and O–H groups in total. The fourth-order valence-electron chi connectivity index (χ4n) is 2.43. The second kappa shape index (κ2) is 8.06. The third-order valence-corrected chi connectivity index (χ3v) is 4.02. The minimum absolute atomic E-state index is 0.0655. The van der Waals surface area contributed by atoms with Crippen molar-refractivity contribution < 1.29 is 9.90 Å². The molecule has 24 heavy (non-hydrogen) atoms. The molecule has 0 aliphatic carbocycles. The topological polar surface area (TPSA) is 62.2 Å². The van der Waals surface area contributed by atoms with Gasteiger partial charge in [0, 0.05) is 25.4 Å².